The van der Waals surface area contributed by atoms with Crippen LogP contribution in [0, 0.1) is 0 Å². The van der Waals surface area contributed by atoms with Gasteiger partial charge in [0.1, 0.15) is 0 Å². The number of hydrogen-bond acceptors (Lipinski definition) is 1. The Bertz CT molecular complexity index is 559. The van der Waals surface area contributed by atoms with Crippen molar-refractivity contribution in [3.05, 3.63) is 70.8 Å². The molecular formula is C17H19N. The summed E-state index contributed by atoms with van der Waals surface area (Å²) >= 11 is 0. The van der Waals surface area contributed by atoms with E-state index in [1.165, 1.54) is 22.3 Å². The van der Waals surface area contributed by atoms with Crippen molar-refractivity contribution >= 4 is 0 Å². The van der Waals surface area contributed by atoms with Crippen molar-refractivity contribution in [1.29, 1.82) is 0 Å². The molecule has 1 heteroatoms. The van der Waals surface area contributed by atoms with Crippen molar-refractivity contribution < 1.29 is 0 Å². The molecule has 0 spiro atoms. The number of rotatable bonds is 1. The molecule has 2 N–H and O–H groups in total. The Kier molecular flexibility index (Phi) is 2.92. The van der Waals surface area contributed by atoms with E-state index in [9.17, 15) is 0 Å². The molecule has 18 heavy (non-hydrogen) atoms. The summed E-state index contributed by atoms with van der Waals surface area (Å²) in [6.07, 6.45) is 1.06. The lowest BCUT2D eigenvalue weighted by molar-refractivity contribution is 0.695. The first-order chi connectivity index (χ1) is 8.81. The summed E-state index contributed by atoms with van der Waals surface area (Å²) in [7, 11) is 0. The molecule has 0 bridgehead atoms. The summed E-state index contributed by atoms with van der Waals surface area (Å²) in [6, 6.07) is 17.5. The third-order valence-electron chi connectivity index (χ3n) is 4.17. The predicted octanol–water partition coefficient (Wildman–Crippen LogP) is 3.44. The Labute approximate surface area is 109 Å². The third kappa shape index (κ3) is 1.75. The zero-order chi connectivity index (χ0) is 12.5. The van der Waals surface area contributed by atoms with Crippen LogP contribution in [0.4, 0.5) is 0 Å². The lowest BCUT2D eigenvalue weighted by Gasteiger charge is -2.17. The van der Waals surface area contributed by atoms with Crippen LogP contribution in [0.15, 0.2) is 48.5 Å². The van der Waals surface area contributed by atoms with Crippen LogP contribution in [-0.4, -0.2) is 6.54 Å². The molecule has 0 aliphatic heterocycles. The highest BCUT2D eigenvalue weighted by atomic mass is 14.6. The minimum atomic E-state index is 0.451. The van der Waals surface area contributed by atoms with E-state index in [1.54, 1.807) is 0 Å². The minimum absolute atomic E-state index is 0.451. The van der Waals surface area contributed by atoms with Gasteiger partial charge in [-0.2, -0.15) is 0 Å². The van der Waals surface area contributed by atoms with Gasteiger partial charge in [-0.05, 0) is 35.2 Å². The van der Waals surface area contributed by atoms with Crippen LogP contribution < -0.4 is 5.73 Å². The molecule has 2 aromatic carbocycles. The van der Waals surface area contributed by atoms with Crippen LogP contribution in [0.25, 0.3) is 0 Å². The van der Waals surface area contributed by atoms with Gasteiger partial charge in [-0.1, -0.05) is 55.5 Å². The normalized spacial score (nSPS) is 21.9. The van der Waals surface area contributed by atoms with Crippen LogP contribution in [0.3, 0.4) is 0 Å². The van der Waals surface area contributed by atoms with Crippen LogP contribution in [0.1, 0.15) is 41.0 Å². The molecule has 0 saturated carbocycles. The maximum absolute atomic E-state index is 5.99. The Hall–Kier alpha value is -1.60. The highest BCUT2D eigenvalue weighted by molar-refractivity contribution is 5.46. The second-order valence-electron chi connectivity index (χ2n) is 5.19. The molecule has 0 heterocycles. The smallest absolute Gasteiger partial charge is 0.00665 e. The predicted molar refractivity (Wildman–Crippen MR) is 75.9 cm³/mol. The van der Waals surface area contributed by atoms with E-state index in [2.05, 4.69) is 55.5 Å². The maximum atomic E-state index is 5.99. The molecule has 1 unspecified atom stereocenters. The van der Waals surface area contributed by atoms with Crippen molar-refractivity contribution in [1.82, 2.24) is 0 Å². The SMILES string of the molecule is CC1c2ccccc2C[C@H](CN)c2ccccc21. The fourth-order valence-electron chi connectivity index (χ4n) is 3.17. The van der Waals surface area contributed by atoms with E-state index < -0.39 is 0 Å². The second-order valence-corrected chi connectivity index (χ2v) is 5.19. The largest absolute Gasteiger partial charge is 0.330 e. The second kappa shape index (κ2) is 4.58. The van der Waals surface area contributed by atoms with Crippen molar-refractivity contribution in [3.8, 4) is 0 Å². The minimum Gasteiger partial charge on any atom is -0.330 e. The topological polar surface area (TPSA) is 26.0 Å². The first-order valence-corrected chi connectivity index (χ1v) is 6.68. The van der Waals surface area contributed by atoms with Crippen molar-refractivity contribution in [2.24, 2.45) is 5.73 Å². The third-order valence-corrected chi connectivity index (χ3v) is 4.17. The van der Waals surface area contributed by atoms with Gasteiger partial charge in [-0.25, -0.2) is 0 Å². The Balaban J connectivity index is 2.21. The van der Waals surface area contributed by atoms with Gasteiger partial charge in [0.05, 0.1) is 0 Å². The Morgan fingerprint density at radius 3 is 2.28 bits per heavy atom. The summed E-state index contributed by atoms with van der Waals surface area (Å²) in [5, 5.41) is 0. The van der Waals surface area contributed by atoms with Gasteiger partial charge in [0.15, 0.2) is 0 Å². The molecule has 0 radical (unpaired) electrons. The Morgan fingerprint density at radius 1 is 0.944 bits per heavy atom. The summed E-state index contributed by atoms with van der Waals surface area (Å²) in [5.74, 6) is 0.918. The van der Waals surface area contributed by atoms with E-state index >= 15 is 0 Å². The average Bonchev–Trinajstić information content (AvgIpc) is 2.55. The number of fused-ring (bicyclic) bond motifs is 2. The van der Waals surface area contributed by atoms with E-state index in [0.717, 1.165) is 13.0 Å². The van der Waals surface area contributed by atoms with Crippen molar-refractivity contribution in [2.75, 3.05) is 6.54 Å². The molecular weight excluding hydrogens is 218 g/mol. The summed E-state index contributed by atoms with van der Waals surface area (Å²) < 4.78 is 0. The van der Waals surface area contributed by atoms with Gasteiger partial charge in [0.2, 0.25) is 0 Å². The van der Waals surface area contributed by atoms with Crippen LogP contribution in [0.5, 0.6) is 0 Å². The summed E-state index contributed by atoms with van der Waals surface area (Å²) in [4.78, 5) is 0. The monoisotopic (exact) mass is 237 g/mol. The number of nitrogens with two attached hydrogens (primary N) is 1. The van der Waals surface area contributed by atoms with Gasteiger partial charge in [-0.15, -0.1) is 0 Å². The first kappa shape index (κ1) is 11.5. The van der Waals surface area contributed by atoms with Gasteiger partial charge >= 0.3 is 0 Å². The quantitative estimate of drug-likeness (QED) is 0.808. The zero-order valence-electron chi connectivity index (χ0n) is 10.8. The van der Waals surface area contributed by atoms with E-state index in [1.807, 2.05) is 0 Å². The fraction of sp³-hybridized carbons (Fsp3) is 0.294. The molecule has 1 aliphatic rings. The van der Waals surface area contributed by atoms with Gasteiger partial charge < -0.3 is 5.73 Å². The molecule has 0 aromatic heterocycles. The first-order valence-electron chi connectivity index (χ1n) is 6.68. The number of hydrogen-bond donors (Lipinski definition) is 1. The Morgan fingerprint density at radius 2 is 1.56 bits per heavy atom. The summed E-state index contributed by atoms with van der Waals surface area (Å²) in [6.45, 7) is 3.02. The standard InChI is InChI=1S/C17H19N/c1-12-15-7-3-2-6-13(15)10-14(11-18)17-9-5-4-8-16(12)17/h2-9,12,14H,10-11,18H2,1H3/t12?,14-/m1/s1. The molecule has 1 nitrogen and oxygen atoms in total. The van der Waals surface area contributed by atoms with E-state index in [4.69, 9.17) is 5.73 Å². The average molecular weight is 237 g/mol. The van der Waals surface area contributed by atoms with Crippen LogP contribution >= 0.6 is 0 Å². The maximum Gasteiger partial charge on any atom is 0.00665 e. The van der Waals surface area contributed by atoms with Gasteiger partial charge in [0.25, 0.3) is 0 Å². The van der Waals surface area contributed by atoms with Gasteiger partial charge in [0, 0.05) is 11.8 Å². The van der Waals surface area contributed by atoms with Crippen molar-refractivity contribution in [2.45, 2.75) is 25.2 Å². The molecule has 2 aromatic rings. The highest BCUT2D eigenvalue weighted by Gasteiger charge is 2.24. The molecule has 0 saturated heterocycles. The van der Waals surface area contributed by atoms with Gasteiger partial charge in [-0.3, -0.25) is 0 Å². The zero-order valence-corrected chi connectivity index (χ0v) is 10.8. The van der Waals surface area contributed by atoms with Crippen LogP contribution in [0.2, 0.25) is 0 Å². The van der Waals surface area contributed by atoms with E-state index in [-0.39, 0.29) is 0 Å². The van der Waals surface area contributed by atoms with E-state index in [0.29, 0.717) is 11.8 Å². The van der Waals surface area contributed by atoms with Crippen molar-refractivity contribution in [3.63, 3.8) is 0 Å². The highest BCUT2D eigenvalue weighted by Crippen LogP contribution is 2.38. The molecule has 3 rings (SSSR count). The fourth-order valence-corrected chi connectivity index (χ4v) is 3.17. The molecule has 0 amide bonds. The lowest BCUT2D eigenvalue weighted by Crippen LogP contribution is -2.15. The summed E-state index contributed by atoms with van der Waals surface area (Å²) in [5.41, 5.74) is 11.8. The molecule has 1 aliphatic carbocycles. The molecule has 92 valence electrons. The lowest BCUT2D eigenvalue weighted by atomic mass is 9.88. The number of benzene rings is 2. The molecule has 2 atom stereocenters. The van der Waals surface area contributed by atoms with Crippen LogP contribution in [-0.2, 0) is 6.42 Å². The molecule has 0 fully saturated rings.